The van der Waals surface area contributed by atoms with Crippen molar-refractivity contribution < 1.29 is 31.8 Å². The van der Waals surface area contributed by atoms with E-state index in [0.29, 0.717) is 38.0 Å². The van der Waals surface area contributed by atoms with Crippen molar-refractivity contribution in [1.82, 2.24) is 5.32 Å². The molecule has 1 heterocycles. The topological polar surface area (TPSA) is 155 Å². The molecular formula is C25H36N6O2+4. The Labute approximate surface area is 193 Å². The predicted molar refractivity (Wildman–Crippen MR) is 126 cm³/mol. The maximum atomic E-state index is 13.2. The molecule has 3 aromatic rings. The van der Waals surface area contributed by atoms with E-state index in [1.54, 1.807) is 6.20 Å². The molecule has 2 atom stereocenters. The van der Waals surface area contributed by atoms with Crippen LogP contribution in [0.15, 0.2) is 66.9 Å². The summed E-state index contributed by atoms with van der Waals surface area (Å²) in [5.41, 5.74) is 14.6. The number of anilines is 1. The molecule has 0 spiro atoms. The molecular weight excluding hydrogens is 416 g/mol. The number of para-hydroxylation sites is 1. The van der Waals surface area contributed by atoms with Gasteiger partial charge in [0.25, 0.3) is 5.91 Å². The second-order valence-corrected chi connectivity index (χ2v) is 8.43. The van der Waals surface area contributed by atoms with Crippen LogP contribution in [0, 0.1) is 5.92 Å². The van der Waals surface area contributed by atoms with Gasteiger partial charge in [0.05, 0.1) is 19.0 Å². The number of quaternary nitrogens is 3. The molecule has 0 aliphatic heterocycles. The first-order chi connectivity index (χ1) is 16.0. The second-order valence-electron chi connectivity index (χ2n) is 8.43. The SMILES string of the molecule is [NH3+]CC(C[NH3+])C[C@H]([NH3+])C(=O)N[C@H](CCc1ccccc1)C(=O)Nc1c[nH+]c2ccccc2c1. The fraction of sp³-hybridized carbons (Fsp3) is 0.320. The van der Waals surface area contributed by atoms with Crippen molar-refractivity contribution >= 4 is 28.4 Å². The summed E-state index contributed by atoms with van der Waals surface area (Å²) in [5, 5.41) is 6.88. The second kappa shape index (κ2) is 12.1. The van der Waals surface area contributed by atoms with Crippen molar-refractivity contribution in [2.45, 2.75) is 31.3 Å². The van der Waals surface area contributed by atoms with Crippen LogP contribution < -0.4 is 32.8 Å². The highest BCUT2D eigenvalue weighted by Crippen LogP contribution is 2.15. The molecule has 0 aliphatic carbocycles. The van der Waals surface area contributed by atoms with Crippen molar-refractivity contribution in [2.24, 2.45) is 5.92 Å². The number of carbonyl (C=O) groups is 2. The molecule has 0 radical (unpaired) electrons. The first-order valence-electron chi connectivity index (χ1n) is 11.5. The van der Waals surface area contributed by atoms with Crippen LogP contribution in [0.4, 0.5) is 5.69 Å². The van der Waals surface area contributed by atoms with Crippen LogP contribution in [0.2, 0.25) is 0 Å². The van der Waals surface area contributed by atoms with Crippen LogP contribution in [-0.4, -0.2) is 37.0 Å². The van der Waals surface area contributed by atoms with Gasteiger partial charge in [0.15, 0.2) is 12.2 Å². The molecule has 8 nitrogen and oxygen atoms in total. The van der Waals surface area contributed by atoms with Gasteiger partial charge in [0.1, 0.15) is 11.7 Å². The lowest BCUT2D eigenvalue weighted by molar-refractivity contribution is -0.441. The Morgan fingerprint density at radius 2 is 1.64 bits per heavy atom. The zero-order valence-corrected chi connectivity index (χ0v) is 19.1. The third kappa shape index (κ3) is 7.08. The van der Waals surface area contributed by atoms with E-state index in [4.69, 9.17) is 0 Å². The lowest BCUT2D eigenvalue weighted by Crippen LogP contribution is -2.71. The number of aromatic amines is 1. The van der Waals surface area contributed by atoms with Crippen molar-refractivity contribution in [3.8, 4) is 0 Å². The van der Waals surface area contributed by atoms with Gasteiger partial charge in [-0.1, -0.05) is 42.5 Å². The van der Waals surface area contributed by atoms with Crippen LogP contribution >= 0.6 is 0 Å². The van der Waals surface area contributed by atoms with Crippen molar-refractivity contribution in [3.05, 3.63) is 72.4 Å². The van der Waals surface area contributed by atoms with Crippen LogP contribution in [0.3, 0.4) is 0 Å². The minimum Gasteiger partial charge on any atom is -0.357 e. The van der Waals surface area contributed by atoms with Gasteiger partial charge >= 0.3 is 0 Å². The lowest BCUT2D eigenvalue weighted by Gasteiger charge is -2.20. The highest BCUT2D eigenvalue weighted by Gasteiger charge is 2.28. The number of amides is 2. The van der Waals surface area contributed by atoms with Gasteiger partial charge in [-0.2, -0.15) is 0 Å². The molecule has 8 heteroatoms. The summed E-state index contributed by atoms with van der Waals surface area (Å²) in [4.78, 5) is 29.2. The van der Waals surface area contributed by atoms with Crippen molar-refractivity contribution in [2.75, 3.05) is 18.4 Å². The summed E-state index contributed by atoms with van der Waals surface area (Å²) >= 11 is 0. The summed E-state index contributed by atoms with van der Waals surface area (Å²) < 4.78 is 0. The largest absolute Gasteiger partial charge is 0.357 e. The Hall–Kier alpha value is -3.33. The first-order valence-corrected chi connectivity index (χ1v) is 11.5. The highest BCUT2D eigenvalue weighted by atomic mass is 16.2. The van der Waals surface area contributed by atoms with E-state index in [-0.39, 0.29) is 17.7 Å². The van der Waals surface area contributed by atoms with Gasteiger partial charge in [-0.25, -0.2) is 4.98 Å². The summed E-state index contributed by atoms with van der Waals surface area (Å²) in [6.45, 7) is 1.42. The Morgan fingerprint density at radius 3 is 2.36 bits per heavy atom. The Bertz CT molecular complexity index is 1050. The van der Waals surface area contributed by atoms with Gasteiger partial charge in [0.2, 0.25) is 11.4 Å². The van der Waals surface area contributed by atoms with Crippen LogP contribution in [0.5, 0.6) is 0 Å². The van der Waals surface area contributed by atoms with E-state index in [1.807, 2.05) is 60.7 Å². The smallest absolute Gasteiger partial charge is 0.278 e. The van der Waals surface area contributed by atoms with Crippen LogP contribution in [-0.2, 0) is 16.0 Å². The third-order valence-corrected chi connectivity index (χ3v) is 5.93. The number of H-pyrrole nitrogens is 1. The van der Waals surface area contributed by atoms with E-state index in [0.717, 1.165) is 16.5 Å². The maximum Gasteiger partial charge on any atom is 0.278 e. The van der Waals surface area contributed by atoms with Crippen LogP contribution in [0.25, 0.3) is 10.9 Å². The number of carbonyl (C=O) groups excluding carboxylic acids is 2. The Morgan fingerprint density at radius 1 is 0.939 bits per heavy atom. The summed E-state index contributed by atoms with van der Waals surface area (Å²) in [5.74, 6) is -0.232. The van der Waals surface area contributed by atoms with Gasteiger partial charge < -0.3 is 27.8 Å². The molecule has 0 unspecified atom stereocenters. The van der Waals surface area contributed by atoms with Crippen LogP contribution in [0.1, 0.15) is 18.4 Å². The standard InChI is InChI=1S/C25H32N6O2/c26-14-18(15-27)12-21(28)24(32)31-23(11-10-17-6-2-1-3-7-17)25(33)30-20-13-19-8-4-5-9-22(19)29-16-20/h1-9,13,16,18,21,23H,10-12,14-15,26-28H2,(H,30,33)(H,31,32)/p+4/t21-,23+/m0/s1. The number of aromatic nitrogens is 1. The number of benzene rings is 2. The molecule has 3 rings (SSSR count). The Kier molecular flexibility index (Phi) is 8.88. The predicted octanol–water partition coefficient (Wildman–Crippen LogP) is -1.19. The summed E-state index contributed by atoms with van der Waals surface area (Å²) in [6, 6.07) is 18.6. The zero-order chi connectivity index (χ0) is 23.6. The number of nitrogens with one attached hydrogen (secondary N) is 3. The van der Waals surface area contributed by atoms with Gasteiger partial charge in [0, 0.05) is 17.9 Å². The molecule has 12 N–H and O–H groups in total. The minimum atomic E-state index is -0.675. The van der Waals surface area contributed by atoms with Gasteiger partial charge in [-0.05, 0) is 30.5 Å². The van der Waals surface area contributed by atoms with E-state index >= 15 is 0 Å². The first kappa shape index (κ1) is 24.3. The summed E-state index contributed by atoms with van der Waals surface area (Å²) in [6.07, 6.45) is 3.52. The molecule has 33 heavy (non-hydrogen) atoms. The molecule has 0 saturated carbocycles. The van der Waals surface area contributed by atoms with Gasteiger partial charge in [-0.3, -0.25) is 9.59 Å². The molecule has 0 bridgehead atoms. The molecule has 1 aromatic heterocycles. The third-order valence-electron chi connectivity index (χ3n) is 5.93. The fourth-order valence-electron chi connectivity index (χ4n) is 3.82. The highest BCUT2D eigenvalue weighted by molar-refractivity contribution is 5.98. The van der Waals surface area contributed by atoms with Crippen molar-refractivity contribution in [1.29, 1.82) is 0 Å². The zero-order valence-electron chi connectivity index (χ0n) is 19.1. The Balaban J connectivity index is 1.71. The summed E-state index contributed by atoms with van der Waals surface area (Å²) in [7, 11) is 0. The molecule has 174 valence electrons. The van der Waals surface area contributed by atoms with Crippen molar-refractivity contribution in [3.63, 3.8) is 0 Å². The molecule has 0 aliphatic rings. The van der Waals surface area contributed by atoms with E-state index in [9.17, 15) is 9.59 Å². The number of rotatable bonds is 11. The average molecular weight is 453 g/mol. The number of fused-ring (bicyclic) bond motifs is 1. The molecule has 0 saturated heterocycles. The van der Waals surface area contributed by atoms with E-state index in [2.05, 4.69) is 32.8 Å². The van der Waals surface area contributed by atoms with Gasteiger partial charge in [-0.15, -0.1) is 0 Å². The average Bonchev–Trinajstić information content (AvgIpc) is 2.85. The minimum absolute atomic E-state index is 0.222. The van der Waals surface area contributed by atoms with E-state index in [1.165, 1.54) is 0 Å². The molecule has 2 amide bonds. The fourth-order valence-corrected chi connectivity index (χ4v) is 3.82. The molecule has 2 aromatic carbocycles. The number of hydrogen-bond acceptors (Lipinski definition) is 2. The lowest BCUT2D eigenvalue weighted by atomic mass is 9.99. The quantitative estimate of drug-likeness (QED) is 0.248. The van der Waals surface area contributed by atoms with E-state index < -0.39 is 12.1 Å². The maximum absolute atomic E-state index is 13.2. The normalized spacial score (nSPS) is 13.0. The number of hydrogen-bond donors (Lipinski definition) is 5. The number of pyridine rings is 1. The monoisotopic (exact) mass is 452 g/mol. The molecule has 0 fully saturated rings. The number of aryl methyl sites for hydroxylation is 1.